The van der Waals surface area contributed by atoms with Gasteiger partial charge in [0, 0.05) is 44.7 Å². The van der Waals surface area contributed by atoms with Crippen molar-refractivity contribution in [3.8, 4) is 0 Å². The number of para-hydroxylation sites is 2. The molecule has 2 aromatic carbocycles. The van der Waals surface area contributed by atoms with Crippen molar-refractivity contribution in [2.75, 3.05) is 26.2 Å². The summed E-state index contributed by atoms with van der Waals surface area (Å²) in [6.07, 6.45) is 0.126. The molecule has 0 radical (unpaired) electrons. The third-order valence-electron chi connectivity index (χ3n) is 5.21. The molecule has 0 N–H and O–H groups in total. The van der Waals surface area contributed by atoms with Gasteiger partial charge in [-0.2, -0.15) is 0 Å². The summed E-state index contributed by atoms with van der Waals surface area (Å²) < 4.78 is 33.0. The molecule has 0 spiro atoms. The molecule has 156 valence electrons. The summed E-state index contributed by atoms with van der Waals surface area (Å²) in [6, 6.07) is 10.0. The van der Waals surface area contributed by atoms with Crippen molar-refractivity contribution in [1.82, 2.24) is 14.4 Å². The van der Waals surface area contributed by atoms with E-state index < -0.39 is 23.3 Å². The lowest BCUT2D eigenvalue weighted by Crippen LogP contribution is -2.50. The van der Waals surface area contributed by atoms with Gasteiger partial charge in [-0.05, 0) is 30.3 Å². The molecule has 0 atom stereocenters. The number of rotatable bonds is 4. The molecule has 30 heavy (non-hydrogen) atoms. The van der Waals surface area contributed by atoms with E-state index in [1.807, 2.05) is 0 Å². The smallest absolute Gasteiger partial charge is 0.408 e. The zero-order valence-corrected chi connectivity index (χ0v) is 16.0. The van der Waals surface area contributed by atoms with Crippen LogP contribution < -0.4 is 5.76 Å². The molecule has 0 unspecified atom stereocenters. The number of carbonyl (C=O) groups excluding carboxylic acids is 2. The summed E-state index contributed by atoms with van der Waals surface area (Å²) in [5.41, 5.74) is 1.18. The number of aromatic nitrogens is 1. The van der Waals surface area contributed by atoms with Gasteiger partial charge in [0.05, 0.1) is 5.52 Å². The van der Waals surface area contributed by atoms with Crippen LogP contribution in [0.5, 0.6) is 0 Å². The van der Waals surface area contributed by atoms with Crippen LogP contribution in [0.1, 0.15) is 16.8 Å². The zero-order valence-electron chi connectivity index (χ0n) is 16.0. The highest BCUT2D eigenvalue weighted by Gasteiger charge is 2.25. The van der Waals surface area contributed by atoms with Gasteiger partial charge in [0.25, 0.3) is 5.91 Å². The Morgan fingerprint density at radius 3 is 2.37 bits per heavy atom. The molecule has 0 bridgehead atoms. The molecule has 1 saturated heterocycles. The maximum Gasteiger partial charge on any atom is 0.419 e. The normalized spacial score (nSPS) is 14.3. The number of oxazole rings is 1. The number of amides is 2. The molecular weight excluding hydrogens is 396 g/mol. The van der Waals surface area contributed by atoms with Crippen LogP contribution in [0.25, 0.3) is 11.1 Å². The third-order valence-corrected chi connectivity index (χ3v) is 5.21. The van der Waals surface area contributed by atoms with Gasteiger partial charge in [-0.3, -0.25) is 14.2 Å². The van der Waals surface area contributed by atoms with Crippen molar-refractivity contribution in [1.29, 1.82) is 0 Å². The fraction of sp³-hybridized carbons (Fsp3) is 0.286. The fourth-order valence-corrected chi connectivity index (χ4v) is 3.56. The van der Waals surface area contributed by atoms with Crippen molar-refractivity contribution in [3.63, 3.8) is 0 Å². The first-order chi connectivity index (χ1) is 14.4. The maximum absolute atomic E-state index is 13.4. The minimum Gasteiger partial charge on any atom is -0.408 e. The number of fused-ring (bicyclic) bond motifs is 1. The molecule has 0 aliphatic carbocycles. The Kier molecular flexibility index (Phi) is 5.35. The van der Waals surface area contributed by atoms with E-state index in [-0.39, 0.29) is 37.5 Å². The largest absolute Gasteiger partial charge is 0.419 e. The van der Waals surface area contributed by atoms with E-state index in [9.17, 15) is 23.2 Å². The summed E-state index contributed by atoms with van der Waals surface area (Å²) >= 11 is 0. The molecule has 1 aliphatic heterocycles. The van der Waals surface area contributed by atoms with Crippen LogP contribution in [-0.4, -0.2) is 52.4 Å². The van der Waals surface area contributed by atoms with Crippen molar-refractivity contribution >= 4 is 22.9 Å². The maximum atomic E-state index is 13.4. The molecule has 2 amide bonds. The van der Waals surface area contributed by atoms with E-state index in [1.54, 1.807) is 29.2 Å². The van der Waals surface area contributed by atoms with Crippen LogP contribution in [0, 0.1) is 11.6 Å². The molecule has 9 heteroatoms. The molecule has 1 fully saturated rings. The van der Waals surface area contributed by atoms with Gasteiger partial charge in [0.1, 0.15) is 0 Å². The summed E-state index contributed by atoms with van der Waals surface area (Å²) in [4.78, 5) is 40.2. The lowest BCUT2D eigenvalue weighted by molar-refractivity contribution is -0.132. The number of aryl methyl sites for hydroxylation is 1. The van der Waals surface area contributed by atoms with Crippen molar-refractivity contribution in [2.45, 2.75) is 13.0 Å². The standard InChI is InChI=1S/C21H19F2N3O4/c22-15-6-5-14(13-16(15)23)20(28)25-11-9-24(10-12-25)19(27)7-8-26-17-3-1-2-4-18(17)30-21(26)29/h1-6,13H,7-12H2. The Labute approximate surface area is 170 Å². The molecule has 4 rings (SSSR count). The molecule has 2 heterocycles. The summed E-state index contributed by atoms with van der Waals surface area (Å²) in [6.45, 7) is 1.43. The van der Waals surface area contributed by atoms with E-state index in [1.165, 1.54) is 15.5 Å². The predicted octanol–water partition coefficient (Wildman–Crippen LogP) is 2.25. The number of hydrogen-bond donors (Lipinski definition) is 0. The first kappa shape index (κ1) is 19.8. The minimum atomic E-state index is -1.07. The van der Waals surface area contributed by atoms with E-state index in [0.717, 1.165) is 12.1 Å². The summed E-state index contributed by atoms with van der Waals surface area (Å²) in [5.74, 6) is -3.13. The molecule has 3 aromatic rings. The van der Waals surface area contributed by atoms with Gasteiger partial charge in [0.2, 0.25) is 5.91 Å². The second kappa shape index (κ2) is 8.10. The predicted molar refractivity (Wildman–Crippen MR) is 104 cm³/mol. The second-order valence-corrected chi connectivity index (χ2v) is 7.04. The van der Waals surface area contributed by atoms with Crippen LogP contribution in [0.15, 0.2) is 51.7 Å². The number of carbonyl (C=O) groups is 2. The average molecular weight is 415 g/mol. The van der Waals surface area contributed by atoms with Crippen LogP contribution in [-0.2, 0) is 11.3 Å². The number of hydrogen-bond acceptors (Lipinski definition) is 4. The zero-order chi connectivity index (χ0) is 21.3. The van der Waals surface area contributed by atoms with Crippen LogP contribution in [0.3, 0.4) is 0 Å². The van der Waals surface area contributed by atoms with Crippen molar-refractivity contribution in [2.24, 2.45) is 0 Å². The molecule has 7 nitrogen and oxygen atoms in total. The van der Waals surface area contributed by atoms with Crippen LogP contribution >= 0.6 is 0 Å². The Morgan fingerprint density at radius 2 is 1.63 bits per heavy atom. The third kappa shape index (κ3) is 3.83. The van der Waals surface area contributed by atoms with E-state index in [0.29, 0.717) is 24.2 Å². The number of benzene rings is 2. The monoisotopic (exact) mass is 415 g/mol. The average Bonchev–Trinajstić information content (AvgIpc) is 3.08. The number of piperazine rings is 1. The highest BCUT2D eigenvalue weighted by atomic mass is 19.2. The quantitative estimate of drug-likeness (QED) is 0.655. The highest BCUT2D eigenvalue weighted by molar-refractivity contribution is 5.94. The van der Waals surface area contributed by atoms with Gasteiger partial charge in [-0.15, -0.1) is 0 Å². The first-order valence-corrected chi connectivity index (χ1v) is 9.54. The molecule has 1 aliphatic rings. The Bertz CT molecular complexity index is 1160. The Hall–Kier alpha value is -3.49. The lowest BCUT2D eigenvalue weighted by atomic mass is 10.1. The molecule has 0 saturated carbocycles. The molecular formula is C21H19F2N3O4. The van der Waals surface area contributed by atoms with Gasteiger partial charge < -0.3 is 14.2 Å². The van der Waals surface area contributed by atoms with Crippen LogP contribution in [0.2, 0.25) is 0 Å². The highest BCUT2D eigenvalue weighted by Crippen LogP contribution is 2.15. The van der Waals surface area contributed by atoms with Gasteiger partial charge in [-0.25, -0.2) is 13.6 Å². The fourth-order valence-electron chi connectivity index (χ4n) is 3.56. The summed E-state index contributed by atoms with van der Waals surface area (Å²) in [7, 11) is 0. The Morgan fingerprint density at radius 1 is 0.933 bits per heavy atom. The Balaban J connectivity index is 1.34. The minimum absolute atomic E-state index is 0.0693. The van der Waals surface area contributed by atoms with E-state index in [2.05, 4.69) is 0 Å². The van der Waals surface area contributed by atoms with Crippen LogP contribution in [0.4, 0.5) is 8.78 Å². The van der Waals surface area contributed by atoms with Gasteiger partial charge in [0.15, 0.2) is 17.2 Å². The van der Waals surface area contributed by atoms with Gasteiger partial charge >= 0.3 is 5.76 Å². The SMILES string of the molecule is O=C(CCn1c(=O)oc2ccccc21)N1CCN(C(=O)c2ccc(F)c(F)c2)CC1. The summed E-state index contributed by atoms with van der Waals surface area (Å²) in [5, 5.41) is 0. The lowest BCUT2D eigenvalue weighted by Gasteiger charge is -2.35. The topological polar surface area (TPSA) is 75.8 Å². The second-order valence-electron chi connectivity index (χ2n) is 7.04. The van der Waals surface area contributed by atoms with E-state index in [4.69, 9.17) is 4.42 Å². The molecule has 1 aromatic heterocycles. The van der Waals surface area contributed by atoms with Gasteiger partial charge in [-0.1, -0.05) is 12.1 Å². The van der Waals surface area contributed by atoms with Crippen molar-refractivity contribution in [3.05, 3.63) is 70.2 Å². The number of halogens is 2. The first-order valence-electron chi connectivity index (χ1n) is 9.54. The number of nitrogens with zero attached hydrogens (tertiary/aromatic N) is 3. The van der Waals surface area contributed by atoms with E-state index >= 15 is 0 Å². The van der Waals surface area contributed by atoms with Crippen molar-refractivity contribution < 1.29 is 22.8 Å².